The van der Waals surface area contributed by atoms with Crippen LogP contribution in [0.4, 0.5) is 0 Å². The summed E-state index contributed by atoms with van der Waals surface area (Å²) in [6.07, 6.45) is 5.14. The Bertz CT molecular complexity index is 186. The highest BCUT2D eigenvalue weighted by atomic mass is 16.5. The van der Waals surface area contributed by atoms with Crippen molar-refractivity contribution in [3.63, 3.8) is 0 Å². The Hall–Kier alpha value is -0.120. The first-order valence-corrected chi connectivity index (χ1v) is 5.69. The molecule has 82 valence electrons. The second-order valence-electron chi connectivity index (χ2n) is 5.11. The van der Waals surface area contributed by atoms with Crippen LogP contribution in [-0.2, 0) is 4.74 Å². The van der Waals surface area contributed by atoms with E-state index >= 15 is 0 Å². The lowest BCUT2D eigenvalue weighted by Crippen LogP contribution is -2.42. The molecule has 2 aliphatic carbocycles. The average Bonchev–Trinajstić information content (AvgIpc) is 2.97. The molecule has 0 bridgehead atoms. The smallest absolute Gasteiger partial charge is 0.0975 e. The van der Waals surface area contributed by atoms with Gasteiger partial charge in [0.15, 0.2) is 0 Å². The molecule has 0 aliphatic heterocycles. The van der Waals surface area contributed by atoms with Gasteiger partial charge in [-0.2, -0.15) is 0 Å². The summed E-state index contributed by atoms with van der Waals surface area (Å²) < 4.78 is 5.49. The number of rotatable bonds is 7. The molecule has 1 unspecified atom stereocenters. The molecule has 0 heterocycles. The van der Waals surface area contributed by atoms with Gasteiger partial charge < -0.3 is 15.2 Å². The molecule has 2 saturated carbocycles. The molecule has 2 aliphatic rings. The number of ether oxygens (including phenoxy) is 1. The molecule has 2 rings (SSSR count). The lowest BCUT2D eigenvalue weighted by atomic mass is 10.1. The van der Waals surface area contributed by atoms with E-state index in [9.17, 15) is 5.11 Å². The van der Waals surface area contributed by atoms with Gasteiger partial charge in [-0.05, 0) is 38.5 Å². The monoisotopic (exact) mass is 199 g/mol. The maximum absolute atomic E-state index is 9.94. The first-order valence-electron chi connectivity index (χ1n) is 5.69. The van der Waals surface area contributed by atoms with Gasteiger partial charge in [-0.25, -0.2) is 0 Å². The van der Waals surface area contributed by atoms with Gasteiger partial charge in [0.25, 0.3) is 0 Å². The minimum absolute atomic E-state index is 0.462. The summed E-state index contributed by atoms with van der Waals surface area (Å²) in [6, 6.07) is 0.657. The van der Waals surface area contributed by atoms with Crippen LogP contribution in [0.3, 0.4) is 0 Å². The molecule has 2 N–H and O–H groups in total. The third-order valence-corrected chi connectivity index (χ3v) is 2.81. The van der Waals surface area contributed by atoms with Crippen LogP contribution in [0, 0.1) is 5.92 Å². The minimum atomic E-state index is -0.697. The van der Waals surface area contributed by atoms with Crippen LogP contribution >= 0.6 is 0 Å². The van der Waals surface area contributed by atoms with Crippen molar-refractivity contribution in [3.05, 3.63) is 0 Å². The van der Waals surface area contributed by atoms with Gasteiger partial charge in [0.2, 0.25) is 0 Å². The highest BCUT2D eigenvalue weighted by Gasteiger charge is 2.28. The lowest BCUT2D eigenvalue weighted by molar-refractivity contribution is -0.0350. The maximum Gasteiger partial charge on any atom is 0.0975 e. The summed E-state index contributed by atoms with van der Waals surface area (Å²) >= 11 is 0. The second kappa shape index (κ2) is 4.17. The summed E-state index contributed by atoms with van der Waals surface area (Å²) in [5.41, 5.74) is -0.697. The maximum atomic E-state index is 9.94. The molecule has 3 heteroatoms. The summed E-state index contributed by atoms with van der Waals surface area (Å²) in [6.45, 7) is 3.79. The van der Waals surface area contributed by atoms with E-state index in [4.69, 9.17) is 4.74 Å². The number of nitrogens with one attached hydrogen (secondary N) is 1. The minimum Gasteiger partial charge on any atom is -0.386 e. The van der Waals surface area contributed by atoms with Crippen molar-refractivity contribution < 1.29 is 9.84 Å². The number of aliphatic hydroxyl groups is 1. The zero-order valence-corrected chi connectivity index (χ0v) is 8.96. The Morgan fingerprint density at radius 2 is 2.07 bits per heavy atom. The molecule has 2 fully saturated rings. The van der Waals surface area contributed by atoms with Gasteiger partial charge in [-0.1, -0.05) is 0 Å². The SMILES string of the molecule is CC(O)(CNC1CC1)COCC1CC1. The van der Waals surface area contributed by atoms with Crippen LogP contribution in [0.2, 0.25) is 0 Å². The Balaban J connectivity index is 1.54. The first-order chi connectivity index (χ1) is 6.66. The van der Waals surface area contributed by atoms with E-state index in [2.05, 4.69) is 5.32 Å². The van der Waals surface area contributed by atoms with Crippen LogP contribution < -0.4 is 5.32 Å². The van der Waals surface area contributed by atoms with Gasteiger partial charge in [-0.3, -0.25) is 0 Å². The highest BCUT2D eigenvalue weighted by molar-refractivity contribution is 4.85. The van der Waals surface area contributed by atoms with Crippen LogP contribution in [0.25, 0.3) is 0 Å². The third-order valence-electron chi connectivity index (χ3n) is 2.81. The fraction of sp³-hybridized carbons (Fsp3) is 1.00. The first kappa shape index (κ1) is 10.4. The molecular formula is C11H21NO2. The average molecular weight is 199 g/mol. The predicted molar refractivity (Wildman–Crippen MR) is 55.2 cm³/mol. The van der Waals surface area contributed by atoms with E-state index < -0.39 is 5.60 Å². The van der Waals surface area contributed by atoms with Gasteiger partial charge in [-0.15, -0.1) is 0 Å². The van der Waals surface area contributed by atoms with E-state index in [-0.39, 0.29) is 0 Å². The molecule has 0 saturated heterocycles. The van der Waals surface area contributed by atoms with Gasteiger partial charge in [0.1, 0.15) is 0 Å². The van der Waals surface area contributed by atoms with Gasteiger partial charge >= 0.3 is 0 Å². The van der Waals surface area contributed by atoms with E-state index in [1.807, 2.05) is 6.92 Å². The Kier molecular flexibility index (Phi) is 3.10. The fourth-order valence-corrected chi connectivity index (χ4v) is 1.43. The van der Waals surface area contributed by atoms with Gasteiger partial charge in [0.05, 0.1) is 12.2 Å². The summed E-state index contributed by atoms with van der Waals surface area (Å²) in [5.74, 6) is 0.780. The van der Waals surface area contributed by atoms with Crippen molar-refractivity contribution in [3.8, 4) is 0 Å². The Morgan fingerprint density at radius 3 is 2.64 bits per heavy atom. The molecule has 0 aromatic carbocycles. The normalized spacial score (nSPS) is 26.1. The van der Waals surface area contributed by atoms with Crippen LogP contribution in [0.5, 0.6) is 0 Å². The van der Waals surface area contributed by atoms with E-state index in [1.165, 1.54) is 25.7 Å². The Morgan fingerprint density at radius 1 is 1.36 bits per heavy atom. The fourth-order valence-electron chi connectivity index (χ4n) is 1.43. The topological polar surface area (TPSA) is 41.5 Å². The van der Waals surface area contributed by atoms with Crippen molar-refractivity contribution in [2.24, 2.45) is 5.92 Å². The predicted octanol–water partition coefficient (Wildman–Crippen LogP) is 0.916. The molecular weight excluding hydrogens is 178 g/mol. The van der Waals surface area contributed by atoms with E-state index in [0.717, 1.165) is 12.5 Å². The lowest BCUT2D eigenvalue weighted by Gasteiger charge is -2.23. The highest BCUT2D eigenvalue weighted by Crippen LogP contribution is 2.29. The number of hydrogen-bond acceptors (Lipinski definition) is 3. The van der Waals surface area contributed by atoms with E-state index in [0.29, 0.717) is 19.2 Å². The van der Waals surface area contributed by atoms with Crippen molar-refractivity contribution in [2.75, 3.05) is 19.8 Å². The summed E-state index contributed by atoms with van der Waals surface area (Å²) in [7, 11) is 0. The molecule has 3 nitrogen and oxygen atoms in total. The molecule has 0 amide bonds. The summed E-state index contributed by atoms with van der Waals surface area (Å²) in [5, 5.41) is 13.3. The summed E-state index contributed by atoms with van der Waals surface area (Å²) in [4.78, 5) is 0. The number of hydrogen-bond donors (Lipinski definition) is 2. The van der Waals surface area contributed by atoms with Crippen LogP contribution in [0.1, 0.15) is 32.6 Å². The second-order valence-corrected chi connectivity index (χ2v) is 5.11. The van der Waals surface area contributed by atoms with Crippen molar-refractivity contribution in [2.45, 2.75) is 44.2 Å². The van der Waals surface area contributed by atoms with Crippen molar-refractivity contribution in [1.82, 2.24) is 5.32 Å². The molecule has 0 aromatic rings. The van der Waals surface area contributed by atoms with Gasteiger partial charge in [0, 0.05) is 19.2 Å². The largest absolute Gasteiger partial charge is 0.386 e. The third kappa shape index (κ3) is 3.95. The molecule has 14 heavy (non-hydrogen) atoms. The molecule has 0 aromatic heterocycles. The Labute approximate surface area is 85.8 Å². The van der Waals surface area contributed by atoms with Crippen LogP contribution in [0.15, 0.2) is 0 Å². The molecule has 1 atom stereocenters. The van der Waals surface area contributed by atoms with Crippen molar-refractivity contribution >= 4 is 0 Å². The van der Waals surface area contributed by atoms with Crippen LogP contribution in [-0.4, -0.2) is 36.5 Å². The zero-order valence-electron chi connectivity index (χ0n) is 8.96. The molecule has 0 spiro atoms. The van der Waals surface area contributed by atoms with E-state index in [1.54, 1.807) is 0 Å². The quantitative estimate of drug-likeness (QED) is 0.640. The zero-order chi connectivity index (χ0) is 10.0. The molecule has 0 radical (unpaired) electrons. The van der Waals surface area contributed by atoms with Crippen molar-refractivity contribution in [1.29, 1.82) is 0 Å². The standard InChI is InChI=1S/C11H21NO2/c1-11(13,7-12-10-4-5-10)8-14-6-9-2-3-9/h9-10,12-13H,2-8H2,1H3.